The lowest BCUT2D eigenvalue weighted by molar-refractivity contribution is 0.0698. The highest BCUT2D eigenvalue weighted by atomic mass is 32.1. The fourth-order valence-corrected chi connectivity index (χ4v) is 2.71. The predicted octanol–water partition coefficient (Wildman–Crippen LogP) is 1.74. The minimum atomic E-state index is 0.356. The van der Waals surface area contributed by atoms with E-state index in [4.69, 9.17) is 9.47 Å². The van der Waals surface area contributed by atoms with Gasteiger partial charge < -0.3 is 14.8 Å². The van der Waals surface area contributed by atoms with Gasteiger partial charge in [-0.1, -0.05) is 6.92 Å². The molecule has 6 heteroatoms. The van der Waals surface area contributed by atoms with Gasteiger partial charge in [-0.2, -0.15) is 0 Å². The van der Waals surface area contributed by atoms with E-state index in [9.17, 15) is 0 Å². The topological polar surface area (TPSA) is 46.6 Å². The second-order valence-corrected chi connectivity index (χ2v) is 5.72. The van der Waals surface area contributed by atoms with E-state index in [1.807, 2.05) is 0 Å². The fourth-order valence-electron chi connectivity index (χ4n) is 1.95. The molecule has 0 amide bonds. The predicted molar refractivity (Wildman–Crippen MR) is 83.1 cm³/mol. The van der Waals surface area contributed by atoms with Crippen molar-refractivity contribution in [1.29, 1.82) is 0 Å². The average molecular weight is 301 g/mol. The highest BCUT2D eigenvalue weighted by molar-refractivity contribution is 7.09. The molecular formula is C14H27N3O2S. The molecule has 0 aliphatic rings. The third kappa shape index (κ3) is 6.28. The number of hydrogen-bond donors (Lipinski definition) is 1. The Labute approximate surface area is 126 Å². The van der Waals surface area contributed by atoms with Crippen LogP contribution in [0.3, 0.4) is 0 Å². The first kappa shape index (κ1) is 17.5. The summed E-state index contributed by atoms with van der Waals surface area (Å²) in [5.74, 6) is 0. The molecule has 0 saturated carbocycles. The van der Waals surface area contributed by atoms with E-state index in [1.165, 1.54) is 0 Å². The van der Waals surface area contributed by atoms with Crippen LogP contribution >= 0.6 is 11.3 Å². The van der Waals surface area contributed by atoms with E-state index in [1.54, 1.807) is 25.6 Å². The maximum absolute atomic E-state index is 5.25. The molecule has 0 fully saturated rings. The van der Waals surface area contributed by atoms with E-state index >= 15 is 0 Å². The maximum atomic E-state index is 5.25. The van der Waals surface area contributed by atoms with Crippen molar-refractivity contribution in [2.24, 2.45) is 0 Å². The van der Waals surface area contributed by atoms with Gasteiger partial charge in [-0.15, -0.1) is 11.3 Å². The number of nitrogens with zero attached hydrogens (tertiary/aromatic N) is 2. The summed E-state index contributed by atoms with van der Waals surface area (Å²) in [7, 11) is 3.47. The number of hydrogen-bond acceptors (Lipinski definition) is 6. The highest BCUT2D eigenvalue weighted by Gasteiger charge is 2.15. The monoisotopic (exact) mass is 301 g/mol. The van der Waals surface area contributed by atoms with Crippen molar-refractivity contribution in [1.82, 2.24) is 15.2 Å². The maximum Gasteiger partial charge on any atom is 0.107 e. The lowest BCUT2D eigenvalue weighted by Crippen LogP contribution is -2.38. The van der Waals surface area contributed by atoms with Gasteiger partial charge in [-0.3, -0.25) is 4.90 Å². The molecule has 0 aliphatic carbocycles. The first-order valence-corrected chi connectivity index (χ1v) is 7.95. The van der Waals surface area contributed by atoms with Crippen LogP contribution in [0.1, 0.15) is 24.5 Å². The zero-order chi connectivity index (χ0) is 14.8. The lowest BCUT2D eigenvalue weighted by Gasteiger charge is -2.27. The average Bonchev–Trinajstić information content (AvgIpc) is 2.89. The number of aromatic nitrogens is 1. The molecule has 1 aromatic heterocycles. The van der Waals surface area contributed by atoms with Crippen LogP contribution in [0.2, 0.25) is 0 Å². The summed E-state index contributed by atoms with van der Waals surface area (Å²) in [4.78, 5) is 7.02. The van der Waals surface area contributed by atoms with Gasteiger partial charge in [0.05, 0.1) is 18.9 Å². The van der Waals surface area contributed by atoms with Gasteiger partial charge in [0.2, 0.25) is 0 Å². The van der Waals surface area contributed by atoms with Gasteiger partial charge in [0.25, 0.3) is 0 Å². The minimum absolute atomic E-state index is 0.356. The summed E-state index contributed by atoms with van der Waals surface area (Å²) in [5.41, 5.74) is 1.13. The van der Waals surface area contributed by atoms with Crippen LogP contribution in [-0.4, -0.2) is 56.4 Å². The normalized spacial score (nSPS) is 13.1. The molecule has 0 spiro atoms. The molecule has 5 nitrogen and oxygen atoms in total. The molecular weight excluding hydrogens is 274 g/mol. The van der Waals surface area contributed by atoms with Crippen molar-refractivity contribution in [3.05, 3.63) is 16.1 Å². The van der Waals surface area contributed by atoms with E-state index in [0.29, 0.717) is 6.04 Å². The van der Waals surface area contributed by atoms with Crippen LogP contribution in [0.25, 0.3) is 0 Å². The molecule has 1 unspecified atom stereocenters. The van der Waals surface area contributed by atoms with Gasteiger partial charge in [0, 0.05) is 45.3 Å². The Bertz CT molecular complexity index is 360. The molecule has 20 heavy (non-hydrogen) atoms. The van der Waals surface area contributed by atoms with Crippen LogP contribution in [0, 0.1) is 0 Å². The Balaban J connectivity index is 2.56. The molecule has 0 radical (unpaired) electrons. The quantitative estimate of drug-likeness (QED) is 0.674. The second kappa shape index (κ2) is 10.2. The van der Waals surface area contributed by atoms with E-state index in [-0.39, 0.29) is 0 Å². The highest BCUT2D eigenvalue weighted by Crippen LogP contribution is 2.13. The summed E-state index contributed by atoms with van der Waals surface area (Å²) in [6.45, 7) is 9.28. The van der Waals surface area contributed by atoms with Crippen LogP contribution in [0.4, 0.5) is 0 Å². The molecule has 1 rings (SSSR count). The third-order valence-corrected chi connectivity index (χ3v) is 4.00. The van der Waals surface area contributed by atoms with E-state index in [0.717, 1.165) is 50.1 Å². The molecule has 1 N–H and O–H groups in total. The lowest BCUT2D eigenvalue weighted by atomic mass is 10.2. The summed E-state index contributed by atoms with van der Waals surface area (Å²) in [5, 5.41) is 6.59. The van der Waals surface area contributed by atoms with Crippen LogP contribution in [0.15, 0.2) is 5.38 Å². The Morgan fingerprint density at radius 2 is 2.20 bits per heavy atom. The number of nitrogens with one attached hydrogen (secondary N) is 1. The molecule has 0 bridgehead atoms. The molecule has 116 valence electrons. The summed E-state index contributed by atoms with van der Waals surface area (Å²) < 4.78 is 10.4. The SMILES string of the molecule is CCNCc1nc(CN(CCOC)C(C)COC)cs1. The second-order valence-electron chi connectivity index (χ2n) is 4.78. The van der Waals surface area contributed by atoms with Crippen molar-refractivity contribution >= 4 is 11.3 Å². The van der Waals surface area contributed by atoms with Gasteiger partial charge in [0.1, 0.15) is 5.01 Å². The number of rotatable bonds is 11. The van der Waals surface area contributed by atoms with Gasteiger partial charge >= 0.3 is 0 Å². The zero-order valence-corrected chi connectivity index (χ0v) is 13.8. The van der Waals surface area contributed by atoms with Crippen LogP contribution in [0.5, 0.6) is 0 Å². The number of ether oxygens (including phenoxy) is 2. The zero-order valence-electron chi connectivity index (χ0n) is 13.0. The fraction of sp³-hybridized carbons (Fsp3) is 0.786. The van der Waals surface area contributed by atoms with Gasteiger partial charge in [-0.25, -0.2) is 4.98 Å². The Morgan fingerprint density at radius 3 is 2.85 bits per heavy atom. The Hall–Kier alpha value is -0.530. The van der Waals surface area contributed by atoms with E-state index in [2.05, 4.69) is 34.4 Å². The van der Waals surface area contributed by atoms with Crippen molar-refractivity contribution < 1.29 is 9.47 Å². The summed E-state index contributed by atoms with van der Waals surface area (Å²) >= 11 is 1.72. The number of thiazole rings is 1. The molecule has 1 heterocycles. The molecule has 1 aromatic rings. The van der Waals surface area contributed by atoms with Crippen molar-refractivity contribution in [3.8, 4) is 0 Å². The molecule has 0 aromatic carbocycles. The number of methoxy groups -OCH3 is 2. The molecule has 1 atom stereocenters. The van der Waals surface area contributed by atoms with Crippen molar-refractivity contribution in [2.45, 2.75) is 33.0 Å². The standard InChI is InChI=1S/C14H27N3O2S/c1-5-15-8-14-16-13(11-20-14)9-17(6-7-18-3)12(2)10-19-4/h11-12,15H,5-10H2,1-4H3. The minimum Gasteiger partial charge on any atom is -0.383 e. The van der Waals surface area contributed by atoms with Crippen molar-refractivity contribution in [3.63, 3.8) is 0 Å². The van der Waals surface area contributed by atoms with Gasteiger partial charge in [0.15, 0.2) is 0 Å². The van der Waals surface area contributed by atoms with E-state index < -0.39 is 0 Å². The smallest absolute Gasteiger partial charge is 0.107 e. The summed E-state index contributed by atoms with van der Waals surface area (Å²) in [6.07, 6.45) is 0. The van der Waals surface area contributed by atoms with Crippen molar-refractivity contribution in [2.75, 3.05) is 40.5 Å². The first-order chi connectivity index (χ1) is 9.71. The van der Waals surface area contributed by atoms with Gasteiger partial charge in [-0.05, 0) is 13.5 Å². The molecule has 0 aliphatic heterocycles. The molecule has 0 saturated heterocycles. The van der Waals surface area contributed by atoms with Crippen LogP contribution < -0.4 is 5.32 Å². The first-order valence-electron chi connectivity index (χ1n) is 7.07. The Morgan fingerprint density at radius 1 is 1.40 bits per heavy atom. The summed E-state index contributed by atoms with van der Waals surface area (Å²) in [6, 6.07) is 0.356. The van der Waals surface area contributed by atoms with Crippen LogP contribution in [-0.2, 0) is 22.6 Å². The Kier molecular flexibility index (Phi) is 8.97. The largest absolute Gasteiger partial charge is 0.383 e. The third-order valence-electron chi connectivity index (χ3n) is 3.10.